The molecule has 1 amide bonds. The third kappa shape index (κ3) is 3.89. The van der Waals surface area contributed by atoms with Gasteiger partial charge in [-0.3, -0.25) is 4.79 Å². The van der Waals surface area contributed by atoms with E-state index in [1.54, 1.807) is 0 Å². The van der Waals surface area contributed by atoms with Gasteiger partial charge in [-0.1, -0.05) is 6.58 Å². The topological polar surface area (TPSA) is 66.5 Å². The molecule has 0 unspecified atom stereocenters. The Balaban J connectivity index is 1.96. The molecule has 5 nitrogen and oxygen atoms in total. The van der Waals surface area contributed by atoms with Crippen molar-refractivity contribution in [1.82, 2.24) is 9.62 Å². The van der Waals surface area contributed by atoms with E-state index in [0.29, 0.717) is 19.5 Å². The maximum absolute atomic E-state index is 13.2. The van der Waals surface area contributed by atoms with E-state index in [1.165, 1.54) is 11.0 Å². The summed E-state index contributed by atoms with van der Waals surface area (Å²) >= 11 is 0. The first-order valence-corrected chi connectivity index (χ1v) is 8.23. The summed E-state index contributed by atoms with van der Waals surface area (Å²) in [6.45, 7) is 4.20. The van der Waals surface area contributed by atoms with Crippen LogP contribution < -0.4 is 4.72 Å². The molecule has 1 aromatic carbocycles. The summed E-state index contributed by atoms with van der Waals surface area (Å²) in [5, 5.41) is 0.826. The van der Waals surface area contributed by atoms with Crippen LogP contribution in [0, 0.1) is 17.6 Å². The Labute approximate surface area is 127 Å². The van der Waals surface area contributed by atoms with E-state index < -0.39 is 27.6 Å². The van der Waals surface area contributed by atoms with Gasteiger partial charge >= 0.3 is 0 Å². The monoisotopic (exact) mass is 330 g/mol. The van der Waals surface area contributed by atoms with Gasteiger partial charge in [-0.25, -0.2) is 21.9 Å². The number of benzene rings is 1. The lowest BCUT2D eigenvalue weighted by atomic mass is 10.1. The summed E-state index contributed by atoms with van der Waals surface area (Å²) in [5.41, 5.74) is 0.0752. The van der Waals surface area contributed by atoms with Gasteiger partial charge in [0.15, 0.2) is 11.6 Å². The van der Waals surface area contributed by atoms with Crippen molar-refractivity contribution in [2.75, 3.05) is 19.6 Å². The molecular formula is C14H16F2N2O3S. The quantitative estimate of drug-likeness (QED) is 0.889. The Morgan fingerprint density at radius 1 is 1.41 bits per heavy atom. The Morgan fingerprint density at radius 3 is 2.77 bits per heavy atom. The number of likely N-dealkylation sites (tertiary alicyclic amines) is 1. The van der Waals surface area contributed by atoms with Crippen molar-refractivity contribution in [3.05, 3.63) is 47.4 Å². The normalized spacial score (nSPS) is 18.5. The Hall–Kier alpha value is -1.80. The van der Waals surface area contributed by atoms with Gasteiger partial charge in [-0.2, -0.15) is 0 Å². The lowest BCUT2D eigenvalue weighted by Gasteiger charge is -2.17. The highest BCUT2D eigenvalue weighted by atomic mass is 32.2. The number of hydrogen-bond acceptors (Lipinski definition) is 3. The molecule has 22 heavy (non-hydrogen) atoms. The molecular weight excluding hydrogens is 314 g/mol. The van der Waals surface area contributed by atoms with E-state index in [-0.39, 0.29) is 18.0 Å². The second kappa shape index (κ2) is 6.53. The van der Waals surface area contributed by atoms with Crippen LogP contribution in [0.5, 0.6) is 0 Å². The van der Waals surface area contributed by atoms with E-state index in [0.717, 1.165) is 17.5 Å². The number of carbonyl (C=O) groups excluding carboxylic acids is 1. The lowest BCUT2D eigenvalue weighted by molar-refractivity contribution is 0.0787. The van der Waals surface area contributed by atoms with E-state index in [1.807, 2.05) is 0 Å². The van der Waals surface area contributed by atoms with Crippen LogP contribution in [0.3, 0.4) is 0 Å². The largest absolute Gasteiger partial charge is 0.338 e. The highest BCUT2D eigenvalue weighted by molar-refractivity contribution is 7.92. The maximum atomic E-state index is 13.2. The van der Waals surface area contributed by atoms with Crippen LogP contribution in [0.25, 0.3) is 0 Å². The van der Waals surface area contributed by atoms with Crippen molar-refractivity contribution >= 4 is 15.9 Å². The number of amides is 1. The number of hydrogen-bond donors (Lipinski definition) is 1. The molecule has 1 atom stereocenters. The molecule has 0 aliphatic carbocycles. The van der Waals surface area contributed by atoms with Gasteiger partial charge in [0.2, 0.25) is 10.0 Å². The zero-order valence-corrected chi connectivity index (χ0v) is 12.6. The highest BCUT2D eigenvalue weighted by Gasteiger charge is 2.27. The summed E-state index contributed by atoms with van der Waals surface area (Å²) in [6, 6.07) is 3.01. The summed E-state index contributed by atoms with van der Waals surface area (Å²) in [5.74, 6) is -2.49. The number of halogens is 2. The molecule has 0 saturated carbocycles. The third-order valence-electron chi connectivity index (χ3n) is 3.53. The molecule has 1 saturated heterocycles. The molecule has 1 aromatic rings. The average Bonchev–Trinajstić information content (AvgIpc) is 2.96. The summed E-state index contributed by atoms with van der Waals surface area (Å²) in [7, 11) is -3.49. The zero-order valence-electron chi connectivity index (χ0n) is 11.8. The molecule has 1 heterocycles. The molecule has 0 aromatic heterocycles. The van der Waals surface area contributed by atoms with Crippen LogP contribution in [-0.2, 0) is 10.0 Å². The number of nitrogens with one attached hydrogen (secondary N) is 1. The highest BCUT2D eigenvalue weighted by Crippen LogP contribution is 2.19. The third-order valence-corrected chi connectivity index (χ3v) is 4.54. The van der Waals surface area contributed by atoms with Crippen LogP contribution in [0.15, 0.2) is 30.2 Å². The molecule has 1 aliphatic heterocycles. The number of carbonyl (C=O) groups is 1. The van der Waals surface area contributed by atoms with Crippen molar-refractivity contribution in [2.45, 2.75) is 6.42 Å². The van der Waals surface area contributed by atoms with Gasteiger partial charge < -0.3 is 4.90 Å². The van der Waals surface area contributed by atoms with Crippen LogP contribution in [0.2, 0.25) is 0 Å². The summed E-state index contributed by atoms with van der Waals surface area (Å²) < 4.78 is 51.0. The van der Waals surface area contributed by atoms with Crippen molar-refractivity contribution in [3.63, 3.8) is 0 Å². The van der Waals surface area contributed by atoms with E-state index in [4.69, 9.17) is 0 Å². The van der Waals surface area contributed by atoms with Gasteiger partial charge in [0.1, 0.15) is 0 Å². The van der Waals surface area contributed by atoms with Crippen molar-refractivity contribution in [2.24, 2.45) is 5.92 Å². The first-order valence-electron chi connectivity index (χ1n) is 6.69. The number of rotatable bonds is 5. The predicted molar refractivity (Wildman–Crippen MR) is 77.5 cm³/mol. The van der Waals surface area contributed by atoms with Gasteiger partial charge in [0.05, 0.1) is 0 Å². The van der Waals surface area contributed by atoms with Crippen LogP contribution in [0.4, 0.5) is 8.78 Å². The van der Waals surface area contributed by atoms with Gasteiger partial charge in [-0.15, -0.1) is 0 Å². The minimum atomic E-state index is -3.49. The fourth-order valence-corrected chi connectivity index (χ4v) is 2.87. The number of sulfonamides is 1. The fraction of sp³-hybridized carbons (Fsp3) is 0.357. The fourth-order valence-electron chi connectivity index (χ4n) is 2.29. The molecule has 1 aliphatic rings. The first kappa shape index (κ1) is 16.6. The average molecular weight is 330 g/mol. The van der Waals surface area contributed by atoms with E-state index in [2.05, 4.69) is 11.3 Å². The Morgan fingerprint density at radius 2 is 2.14 bits per heavy atom. The van der Waals surface area contributed by atoms with Crippen LogP contribution in [-0.4, -0.2) is 38.9 Å². The minimum absolute atomic E-state index is 0.0241. The van der Waals surface area contributed by atoms with E-state index >= 15 is 0 Å². The zero-order chi connectivity index (χ0) is 16.3. The predicted octanol–water partition coefficient (Wildman–Crippen LogP) is 1.49. The van der Waals surface area contributed by atoms with Crippen LogP contribution >= 0.6 is 0 Å². The standard InChI is InChI=1S/C14H16F2N2O3S/c1-2-22(20,21)17-8-10-5-6-18(9-10)14(19)11-3-4-12(15)13(16)7-11/h2-4,7,10,17H,1,5-6,8-9H2/t10-/m1/s1. The molecule has 120 valence electrons. The molecule has 0 spiro atoms. The lowest BCUT2D eigenvalue weighted by Crippen LogP contribution is -2.32. The van der Waals surface area contributed by atoms with Crippen molar-refractivity contribution in [3.8, 4) is 0 Å². The molecule has 1 fully saturated rings. The van der Waals surface area contributed by atoms with Gasteiger partial charge in [0, 0.05) is 30.6 Å². The molecule has 2 rings (SSSR count). The van der Waals surface area contributed by atoms with Gasteiger partial charge in [-0.05, 0) is 30.5 Å². The van der Waals surface area contributed by atoms with Crippen molar-refractivity contribution in [1.29, 1.82) is 0 Å². The summed E-state index contributed by atoms with van der Waals surface area (Å²) in [4.78, 5) is 13.7. The second-order valence-corrected chi connectivity index (χ2v) is 6.81. The van der Waals surface area contributed by atoms with Gasteiger partial charge in [0.25, 0.3) is 5.91 Å². The summed E-state index contributed by atoms with van der Waals surface area (Å²) in [6.07, 6.45) is 0.634. The van der Waals surface area contributed by atoms with Crippen LogP contribution in [0.1, 0.15) is 16.8 Å². The van der Waals surface area contributed by atoms with E-state index in [9.17, 15) is 22.0 Å². The molecule has 1 N–H and O–H groups in total. The van der Waals surface area contributed by atoms with Crippen molar-refractivity contribution < 1.29 is 22.0 Å². The molecule has 0 bridgehead atoms. The Kier molecular flexibility index (Phi) is 4.92. The Bertz CT molecular complexity index is 691. The smallest absolute Gasteiger partial charge is 0.253 e. The number of nitrogens with zero attached hydrogens (tertiary/aromatic N) is 1. The maximum Gasteiger partial charge on any atom is 0.253 e. The molecule has 0 radical (unpaired) electrons. The second-order valence-electron chi connectivity index (χ2n) is 5.09. The first-order chi connectivity index (χ1) is 10.3. The molecule has 8 heteroatoms. The minimum Gasteiger partial charge on any atom is -0.338 e. The SMILES string of the molecule is C=CS(=O)(=O)NC[C@H]1CCN(C(=O)c2ccc(F)c(F)c2)C1.